The SMILES string of the molecule is CC/C1=c2\c(-c3ccc(C(C)C(c4ccccc4)c4ccccc4)cc3)ccc(-c3ccc(C(C)C(c4ccccc4)c4ccccc4)cc3)\c2=C/CCCC1C.CCC(C)C. The highest BCUT2D eigenvalue weighted by Crippen LogP contribution is 2.40. The van der Waals surface area contributed by atoms with Gasteiger partial charge in [0.1, 0.15) is 0 Å². The first-order valence-electron chi connectivity index (χ1n) is 23.6. The number of rotatable bonds is 12. The Bertz CT molecular complexity index is 2470. The van der Waals surface area contributed by atoms with Crippen molar-refractivity contribution in [3.63, 3.8) is 0 Å². The summed E-state index contributed by atoms with van der Waals surface area (Å²) >= 11 is 0. The van der Waals surface area contributed by atoms with Gasteiger partial charge in [-0.2, -0.15) is 0 Å². The first kappa shape index (κ1) is 44.3. The second kappa shape index (κ2) is 21.4. The monoisotopic (exact) mass is 813 g/mol. The Labute approximate surface area is 374 Å². The van der Waals surface area contributed by atoms with Crippen molar-refractivity contribution in [2.45, 2.75) is 104 Å². The second-order valence-corrected chi connectivity index (χ2v) is 18.1. The molecule has 1 aliphatic carbocycles. The molecule has 0 heterocycles. The van der Waals surface area contributed by atoms with E-state index in [1.54, 1.807) is 5.57 Å². The fraction of sp³-hybridized carbons (Fsp3) is 0.290. The van der Waals surface area contributed by atoms with Crippen LogP contribution >= 0.6 is 0 Å². The molecule has 0 fully saturated rings. The fourth-order valence-corrected chi connectivity index (χ4v) is 9.78. The lowest BCUT2D eigenvalue weighted by Gasteiger charge is -2.26. The topological polar surface area (TPSA) is 0 Å². The molecule has 7 aromatic rings. The number of fused-ring (bicyclic) bond motifs is 1. The Morgan fingerprint density at radius 1 is 0.452 bits per heavy atom. The largest absolute Gasteiger partial charge is 0.0760 e. The lowest BCUT2D eigenvalue weighted by molar-refractivity contribution is 0.615. The van der Waals surface area contributed by atoms with Crippen molar-refractivity contribution in [1.29, 1.82) is 0 Å². The van der Waals surface area contributed by atoms with E-state index >= 15 is 0 Å². The third-order valence-corrected chi connectivity index (χ3v) is 13.7. The van der Waals surface area contributed by atoms with Gasteiger partial charge >= 0.3 is 0 Å². The summed E-state index contributed by atoms with van der Waals surface area (Å²) in [4.78, 5) is 0. The lowest BCUT2D eigenvalue weighted by Crippen LogP contribution is -2.33. The molecular formula is C62H68. The highest BCUT2D eigenvalue weighted by Gasteiger charge is 2.25. The maximum absolute atomic E-state index is 2.55. The molecule has 62 heavy (non-hydrogen) atoms. The smallest absolute Gasteiger partial charge is 0.0155 e. The summed E-state index contributed by atoms with van der Waals surface area (Å²) in [6.07, 6.45) is 8.47. The molecule has 0 saturated carbocycles. The van der Waals surface area contributed by atoms with E-state index < -0.39 is 0 Å². The van der Waals surface area contributed by atoms with Gasteiger partial charge in [-0.25, -0.2) is 0 Å². The zero-order valence-corrected chi connectivity index (χ0v) is 38.4. The van der Waals surface area contributed by atoms with Crippen molar-refractivity contribution in [2.75, 3.05) is 0 Å². The Morgan fingerprint density at radius 2 is 0.823 bits per heavy atom. The molecule has 8 rings (SSSR count). The van der Waals surface area contributed by atoms with Crippen molar-refractivity contribution in [3.8, 4) is 22.3 Å². The van der Waals surface area contributed by atoms with Gasteiger partial charge in [0.05, 0.1) is 0 Å². The van der Waals surface area contributed by atoms with Crippen molar-refractivity contribution >= 4 is 11.6 Å². The van der Waals surface area contributed by atoms with Crippen LogP contribution in [0.2, 0.25) is 0 Å². The Hall–Kier alpha value is -5.72. The van der Waals surface area contributed by atoms with Crippen LogP contribution in [0.1, 0.15) is 138 Å². The average molecular weight is 813 g/mol. The van der Waals surface area contributed by atoms with Crippen molar-refractivity contribution < 1.29 is 0 Å². The average Bonchev–Trinajstić information content (AvgIpc) is 3.32. The zero-order chi connectivity index (χ0) is 43.4. The molecule has 0 amide bonds. The molecule has 0 aromatic heterocycles. The van der Waals surface area contributed by atoms with E-state index in [1.807, 2.05) is 0 Å². The summed E-state index contributed by atoms with van der Waals surface area (Å²) in [5, 5.41) is 2.87. The summed E-state index contributed by atoms with van der Waals surface area (Å²) in [7, 11) is 0. The van der Waals surface area contributed by atoms with E-state index in [0.29, 0.717) is 17.8 Å². The van der Waals surface area contributed by atoms with Crippen LogP contribution in [0.25, 0.3) is 33.9 Å². The van der Waals surface area contributed by atoms with E-state index in [1.165, 1.54) is 85.3 Å². The number of hydrogen-bond acceptors (Lipinski definition) is 0. The van der Waals surface area contributed by atoms with Crippen LogP contribution in [0.15, 0.2) is 182 Å². The zero-order valence-electron chi connectivity index (χ0n) is 38.4. The predicted octanol–water partition coefficient (Wildman–Crippen LogP) is 16.1. The summed E-state index contributed by atoms with van der Waals surface area (Å²) in [6, 6.07) is 67.9. The van der Waals surface area contributed by atoms with Crippen LogP contribution in [0.4, 0.5) is 0 Å². The molecule has 1 aliphatic rings. The Kier molecular flexibility index (Phi) is 15.3. The normalized spacial score (nSPS) is 16.3. The maximum atomic E-state index is 2.55. The molecule has 0 heteroatoms. The minimum atomic E-state index is 0.282. The van der Waals surface area contributed by atoms with Gasteiger partial charge in [0.15, 0.2) is 0 Å². The van der Waals surface area contributed by atoms with E-state index in [0.717, 1.165) is 18.8 Å². The third kappa shape index (κ3) is 10.3. The first-order chi connectivity index (χ1) is 30.3. The van der Waals surface area contributed by atoms with Gasteiger partial charge in [0, 0.05) is 11.8 Å². The Morgan fingerprint density at radius 3 is 1.19 bits per heavy atom. The van der Waals surface area contributed by atoms with Crippen LogP contribution in [0.5, 0.6) is 0 Å². The molecule has 0 N–H and O–H groups in total. The van der Waals surface area contributed by atoms with Crippen molar-refractivity contribution in [1.82, 2.24) is 0 Å². The van der Waals surface area contributed by atoms with Crippen LogP contribution < -0.4 is 10.4 Å². The van der Waals surface area contributed by atoms with E-state index in [-0.39, 0.29) is 11.8 Å². The molecule has 316 valence electrons. The van der Waals surface area contributed by atoms with Gasteiger partial charge in [-0.1, -0.05) is 249 Å². The van der Waals surface area contributed by atoms with Crippen molar-refractivity contribution in [3.05, 3.63) is 226 Å². The summed E-state index contributed by atoms with van der Waals surface area (Å²) in [6.45, 7) is 16.2. The predicted molar refractivity (Wildman–Crippen MR) is 269 cm³/mol. The van der Waals surface area contributed by atoms with Gasteiger partial charge in [-0.3, -0.25) is 0 Å². The molecule has 3 unspecified atom stereocenters. The van der Waals surface area contributed by atoms with Gasteiger partial charge in [0.25, 0.3) is 0 Å². The lowest BCUT2D eigenvalue weighted by atomic mass is 9.78. The minimum absolute atomic E-state index is 0.282. The van der Waals surface area contributed by atoms with Crippen molar-refractivity contribution in [2.24, 2.45) is 11.8 Å². The molecule has 0 nitrogen and oxygen atoms in total. The van der Waals surface area contributed by atoms with E-state index in [9.17, 15) is 0 Å². The van der Waals surface area contributed by atoms with Gasteiger partial charge in [0.2, 0.25) is 0 Å². The van der Waals surface area contributed by atoms with Gasteiger partial charge in [-0.05, 0) is 115 Å². The molecule has 0 bridgehead atoms. The molecule has 0 saturated heterocycles. The minimum Gasteiger partial charge on any atom is -0.0760 e. The van der Waals surface area contributed by atoms with Crippen LogP contribution in [0.3, 0.4) is 0 Å². The van der Waals surface area contributed by atoms with Gasteiger partial charge in [-0.15, -0.1) is 0 Å². The van der Waals surface area contributed by atoms with Crippen LogP contribution in [0, 0.1) is 11.8 Å². The maximum Gasteiger partial charge on any atom is 0.0155 e. The fourth-order valence-electron chi connectivity index (χ4n) is 9.78. The van der Waals surface area contributed by atoms with E-state index in [4.69, 9.17) is 0 Å². The molecule has 7 aromatic carbocycles. The number of hydrogen-bond donors (Lipinski definition) is 0. The summed E-state index contributed by atoms with van der Waals surface area (Å²) in [5.41, 5.74) is 15.1. The second-order valence-electron chi connectivity index (χ2n) is 18.1. The molecular weight excluding hydrogens is 745 g/mol. The number of benzene rings is 7. The molecule has 0 spiro atoms. The van der Waals surface area contributed by atoms with Crippen LogP contribution in [-0.2, 0) is 0 Å². The summed E-state index contributed by atoms with van der Waals surface area (Å²) in [5.74, 6) is 2.63. The third-order valence-electron chi connectivity index (χ3n) is 13.7. The molecule has 0 radical (unpaired) electrons. The molecule has 0 aliphatic heterocycles. The molecule has 3 atom stereocenters. The van der Waals surface area contributed by atoms with Crippen LogP contribution in [-0.4, -0.2) is 0 Å². The van der Waals surface area contributed by atoms with E-state index in [2.05, 4.69) is 237 Å². The summed E-state index contributed by atoms with van der Waals surface area (Å²) < 4.78 is 0. The standard InChI is InChI=1S/C57H56.C5H12/c1-5-51-40(2)20-18-19-29-54-52(45-34-30-43(31-35-45)41(3)55(47-21-10-6-11-22-47)48-23-12-7-13-24-48)38-39-53(57(51)54)46-36-32-44(33-37-46)42(4)56(49-25-14-8-15-26-49)50-27-16-9-17-28-50;1-4-5(2)3/h6-17,21-42,55-56H,5,18-20H2,1-4H3;5H,4H2,1-3H3/b54-29+,57-51-;. The highest BCUT2D eigenvalue weighted by molar-refractivity contribution is 5.76. The quantitative estimate of drug-likeness (QED) is 0.115. The highest BCUT2D eigenvalue weighted by atomic mass is 14.3. The Balaban J connectivity index is 0.00000109. The van der Waals surface area contributed by atoms with Gasteiger partial charge < -0.3 is 0 Å². The first-order valence-corrected chi connectivity index (χ1v) is 23.6.